The van der Waals surface area contributed by atoms with Crippen LogP contribution >= 0.6 is 0 Å². The number of benzene rings is 1. The van der Waals surface area contributed by atoms with E-state index >= 15 is 0 Å². The third kappa shape index (κ3) is 3.14. The van der Waals surface area contributed by atoms with Crippen molar-refractivity contribution in [3.63, 3.8) is 0 Å². The zero-order chi connectivity index (χ0) is 18.1. The van der Waals surface area contributed by atoms with Crippen LogP contribution in [0.2, 0.25) is 0 Å². The predicted molar refractivity (Wildman–Crippen MR) is 90.5 cm³/mol. The minimum atomic E-state index is -0.732. The standard InChI is InChI=1S/C17H16N4O4/c1-9-4-10(2)6-11(5-9)15-20-13(14(22)17(24)21(15)3)16(23)19-12-7-18-25-8-12/h4-8,22H,1-3H3,(H,19,23). The molecule has 8 heteroatoms. The van der Waals surface area contributed by atoms with Crippen LogP contribution in [0.5, 0.6) is 5.75 Å². The van der Waals surface area contributed by atoms with Gasteiger partial charge in [0.25, 0.3) is 11.5 Å². The first-order chi connectivity index (χ1) is 11.9. The number of anilines is 1. The summed E-state index contributed by atoms with van der Waals surface area (Å²) in [6, 6.07) is 5.70. The van der Waals surface area contributed by atoms with Gasteiger partial charge in [-0.1, -0.05) is 22.3 Å². The van der Waals surface area contributed by atoms with Crippen molar-refractivity contribution in [2.45, 2.75) is 13.8 Å². The highest BCUT2D eigenvalue weighted by Gasteiger charge is 2.21. The Kier molecular flexibility index (Phi) is 4.10. The maximum absolute atomic E-state index is 12.4. The average molecular weight is 340 g/mol. The lowest BCUT2D eigenvalue weighted by Gasteiger charge is -2.12. The summed E-state index contributed by atoms with van der Waals surface area (Å²) in [6.45, 7) is 3.85. The second-order valence-corrected chi connectivity index (χ2v) is 5.74. The molecule has 3 aromatic rings. The zero-order valence-electron chi connectivity index (χ0n) is 13.9. The van der Waals surface area contributed by atoms with Crippen LogP contribution in [-0.2, 0) is 7.05 Å². The molecule has 0 bridgehead atoms. The van der Waals surface area contributed by atoms with E-state index < -0.39 is 17.2 Å². The van der Waals surface area contributed by atoms with E-state index in [4.69, 9.17) is 0 Å². The molecule has 3 rings (SSSR count). The number of hydrogen-bond acceptors (Lipinski definition) is 6. The summed E-state index contributed by atoms with van der Waals surface area (Å²) in [5.74, 6) is -1.17. The number of rotatable bonds is 3. The Labute approximate surface area is 142 Å². The number of aryl methyl sites for hydroxylation is 2. The molecule has 8 nitrogen and oxygen atoms in total. The first kappa shape index (κ1) is 16.4. The Morgan fingerprint density at radius 2 is 1.92 bits per heavy atom. The SMILES string of the molecule is Cc1cc(C)cc(-c2nc(C(=O)Nc3cnoc3)c(O)c(=O)n2C)c1. The molecule has 0 aliphatic heterocycles. The minimum absolute atomic E-state index is 0.282. The normalized spacial score (nSPS) is 10.7. The molecule has 1 amide bonds. The van der Waals surface area contributed by atoms with Gasteiger partial charge in [0.15, 0.2) is 5.69 Å². The Morgan fingerprint density at radius 3 is 2.52 bits per heavy atom. The highest BCUT2D eigenvalue weighted by molar-refractivity contribution is 6.04. The lowest BCUT2D eigenvalue weighted by molar-refractivity contribution is 0.101. The zero-order valence-corrected chi connectivity index (χ0v) is 13.9. The molecule has 0 saturated heterocycles. The smallest absolute Gasteiger partial charge is 0.296 e. The van der Waals surface area contributed by atoms with Gasteiger partial charge in [0.05, 0.1) is 6.20 Å². The molecule has 2 heterocycles. The lowest BCUT2D eigenvalue weighted by Crippen LogP contribution is -2.25. The topological polar surface area (TPSA) is 110 Å². The fourth-order valence-corrected chi connectivity index (χ4v) is 2.57. The van der Waals surface area contributed by atoms with Crippen molar-refractivity contribution in [3.8, 4) is 17.1 Å². The van der Waals surface area contributed by atoms with E-state index in [-0.39, 0.29) is 11.5 Å². The molecule has 0 spiro atoms. The summed E-state index contributed by atoms with van der Waals surface area (Å²) in [7, 11) is 1.49. The minimum Gasteiger partial charge on any atom is -0.501 e. The molecule has 0 aliphatic rings. The van der Waals surface area contributed by atoms with Gasteiger partial charge in [-0.3, -0.25) is 14.2 Å². The van der Waals surface area contributed by atoms with Crippen LogP contribution in [0.4, 0.5) is 5.69 Å². The summed E-state index contributed by atoms with van der Waals surface area (Å²) in [5.41, 5.74) is 1.88. The van der Waals surface area contributed by atoms with Gasteiger partial charge in [-0.2, -0.15) is 0 Å². The summed E-state index contributed by atoms with van der Waals surface area (Å²) < 4.78 is 5.84. The van der Waals surface area contributed by atoms with Gasteiger partial charge in [0.1, 0.15) is 17.8 Å². The molecule has 0 saturated carbocycles. The van der Waals surface area contributed by atoms with Gasteiger partial charge in [-0.15, -0.1) is 0 Å². The van der Waals surface area contributed by atoms with E-state index in [0.717, 1.165) is 11.1 Å². The van der Waals surface area contributed by atoms with Crippen LogP contribution in [-0.4, -0.2) is 25.7 Å². The van der Waals surface area contributed by atoms with E-state index in [0.29, 0.717) is 11.3 Å². The van der Waals surface area contributed by atoms with Gasteiger partial charge in [0, 0.05) is 12.6 Å². The molecular formula is C17H16N4O4. The van der Waals surface area contributed by atoms with E-state index in [1.807, 2.05) is 32.0 Å². The van der Waals surface area contributed by atoms with Crippen molar-refractivity contribution in [3.05, 3.63) is 57.8 Å². The van der Waals surface area contributed by atoms with Crippen LogP contribution in [0, 0.1) is 13.8 Å². The Hall–Kier alpha value is -3.42. The van der Waals surface area contributed by atoms with Crippen LogP contribution in [0.1, 0.15) is 21.6 Å². The van der Waals surface area contributed by atoms with Crippen LogP contribution in [0.15, 0.2) is 40.0 Å². The molecule has 2 aromatic heterocycles. The maximum Gasteiger partial charge on any atom is 0.296 e. The van der Waals surface area contributed by atoms with E-state index in [1.165, 1.54) is 24.1 Å². The second kappa shape index (κ2) is 6.23. The average Bonchev–Trinajstić information content (AvgIpc) is 3.04. The lowest BCUT2D eigenvalue weighted by atomic mass is 10.1. The van der Waals surface area contributed by atoms with E-state index in [1.54, 1.807) is 0 Å². The number of aromatic hydroxyl groups is 1. The highest BCUT2D eigenvalue weighted by atomic mass is 16.5. The Bertz CT molecular complexity index is 986. The maximum atomic E-state index is 12.4. The van der Waals surface area contributed by atoms with Crippen molar-refractivity contribution in [1.29, 1.82) is 0 Å². The second-order valence-electron chi connectivity index (χ2n) is 5.74. The third-order valence-electron chi connectivity index (χ3n) is 3.65. The van der Waals surface area contributed by atoms with Crippen molar-refractivity contribution in [2.75, 3.05) is 5.32 Å². The van der Waals surface area contributed by atoms with Gasteiger partial charge in [-0.25, -0.2) is 4.98 Å². The van der Waals surface area contributed by atoms with Gasteiger partial charge < -0.3 is 14.9 Å². The number of aromatic nitrogens is 3. The van der Waals surface area contributed by atoms with Crippen LogP contribution in [0.3, 0.4) is 0 Å². The monoisotopic (exact) mass is 340 g/mol. The van der Waals surface area contributed by atoms with Crippen molar-refractivity contribution >= 4 is 11.6 Å². The number of hydrogen-bond donors (Lipinski definition) is 2. The van der Waals surface area contributed by atoms with Crippen molar-refractivity contribution < 1.29 is 14.4 Å². The molecule has 128 valence electrons. The Morgan fingerprint density at radius 1 is 1.24 bits per heavy atom. The quantitative estimate of drug-likeness (QED) is 0.754. The van der Waals surface area contributed by atoms with Gasteiger partial charge >= 0.3 is 0 Å². The third-order valence-corrected chi connectivity index (χ3v) is 3.65. The molecule has 0 fully saturated rings. The van der Waals surface area contributed by atoms with Crippen LogP contribution < -0.4 is 10.9 Å². The fraction of sp³-hybridized carbons (Fsp3) is 0.176. The fourth-order valence-electron chi connectivity index (χ4n) is 2.57. The predicted octanol–water partition coefficient (Wildman–Crippen LogP) is 2.01. The molecule has 0 unspecified atom stereocenters. The Balaban J connectivity index is 2.13. The molecule has 2 N–H and O–H groups in total. The highest BCUT2D eigenvalue weighted by Crippen LogP contribution is 2.22. The first-order valence-electron chi connectivity index (χ1n) is 7.46. The number of amides is 1. The summed E-state index contributed by atoms with van der Waals surface area (Å²) >= 11 is 0. The first-order valence-corrected chi connectivity index (χ1v) is 7.46. The number of carbonyl (C=O) groups is 1. The summed E-state index contributed by atoms with van der Waals surface area (Å²) in [6.07, 6.45) is 2.52. The number of nitrogens with zero attached hydrogens (tertiary/aromatic N) is 3. The van der Waals surface area contributed by atoms with Crippen molar-refractivity contribution in [1.82, 2.24) is 14.7 Å². The molecule has 0 aliphatic carbocycles. The number of nitrogens with one attached hydrogen (secondary N) is 1. The molecule has 1 aromatic carbocycles. The number of carbonyl (C=O) groups excluding carboxylic acids is 1. The van der Waals surface area contributed by atoms with E-state index in [2.05, 4.69) is 20.0 Å². The molecule has 25 heavy (non-hydrogen) atoms. The largest absolute Gasteiger partial charge is 0.501 e. The summed E-state index contributed by atoms with van der Waals surface area (Å²) in [4.78, 5) is 28.9. The van der Waals surface area contributed by atoms with Crippen LogP contribution in [0.25, 0.3) is 11.4 Å². The molecular weight excluding hydrogens is 324 g/mol. The molecule has 0 atom stereocenters. The van der Waals surface area contributed by atoms with Gasteiger partial charge in [-0.05, 0) is 26.0 Å². The summed E-state index contributed by atoms with van der Waals surface area (Å²) in [5, 5.41) is 16.0. The van der Waals surface area contributed by atoms with Crippen molar-refractivity contribution in [2.24, 2.45) is 7.05 Å². The molecule has 0 radical (unpaired) electrons. The van der Waals surface area contributed by atoms with E-state index in [9.17, 15) is 14.7 Å². The van der Waals surface area contributed by atoms with Gasteiger partial charge in [0.2, 0.25) is 5.75 Å².